The van der Waals surface area contributed by atoms with E-state index in [1.54, 1.807) is 16.4 Å². The van der Waals surface area contributed by atoms with Crippen molar-refractivity contribution >= 4 is 53.2 Å². The first-order valence-electron chi connectivity index (χ1n) is 5.39. The van der Waals surface area contributed by atoms with Crippen LogP contribution in [-0.2, 0) is 10.0 Å². The van der Waals surface area contributed by atoms with Gasteiger partial charge in [-0.15, -0.1) is 11.3 Å². The summed E-state index contributed by atoms with van der Waals surface area (Å²) in [5.41, 5.74) is 0. The van der Waals surface area contributed by atoms with Crippen LogP contribution in [0.1, 0.15) is 19.3 Å². The van der Waals surface area contributed by atoms with E-state index in [2.05, 4.69) is 31.9 Å². The molecule has 0 radical (unpaired) electrons. The summed E-state index contributed by atoms with van der Waals surface area (Å²) >= 11 is 7.91. The third-order valence-electron chi connectivity index (χ3n) is 2.90. The fourth-order valence-electron chi connectivity index (χ4n) is 1.81. The fourth-order valence-corrected chi connectivity index (χ4v) is 6.25. The van der Waals surface area contributed by atoms with E-state index >= 15 is 0 Å². The molecule has 0 aliphatic heterocycles. The average molecular weight is 403 g/mol. The molecule has 1 aromatic heterocycles. The first-order chi connectivity index (χ1) is 8.05. The maximum absolute atomic E-state index is 12.5. The van der Waals surface area contributed by atoms with Crippen LogP contribution < -0.4 is 0 Å². The molecule has 0 N–H and O–H groups in total. The van der Waals surface area contributed by atoms with Crippen molar-refractivity contribution in [1.82, 2.24) is 4.31 Å². The van der Waals surface area contributed by atoms with Crippen molar-refractivity contribution in [3.8, 4) is 0 Å². The van der Waals surface area contributed by atoms with Crippen LogP contribution in [0.25, 0.3) is 0 Å². The number of nitrogens with zero attached hydrogens (tertiary/aromatic N) is 1. The van der Waals surface area contributed by atoms with Gasteiger partial charge >= 0.3 is 0 Å². The van der Waals surface area contributed by atoms with E-state index in [1.165, 1.54) is 11.3 Å². The number of hydrogen-bond donors (Lipinski definition) is 0. The Bertz CT molecular complexity index is 482. The van der Waals surface area contributed by atoms with Gasteiger partial charge in [0.2, 0.25) is 0 Å². The Labute approximate surface area is 123 Å². The predicted octanol–water partition coefficient (Wildman–Crippen LogP) is 3.45. The first-order valence-corrected chi connectivity index (χ1v) is 9.56. The second kappa shape index (κ2) is 5.69. The van der Waals surface area contributed by atoms with Crippen LogP contribution in [0.2, 0.25) is 0 Å². The first kappa shape index (κ1) is 14.0. The van der Waals surface area contributed by atoms with Gasteiger partial charge < -0.3 is 0 Å². The molecule has 3 nitrogen and oxygen atoms in total. The van der Waals surface area contributed by atoms with Crippen LogP contribution in [0.4, 0.5) is 0 Å². The molecule has 0 unspecified atom stereocenters. The van der Waals surface area contributed by atoms with Crippen LogP contribution in [0.5, 0.6) is 0 Å². The highest BCUT2D eigenvalue weighted by atomic mass is 79.9. The van der Waals surface area contributed by atoms with Gasteiger partial charge in [0.05, 0.1) is 3.79 Å². The summed E-state index contributed by atoms with van der Waals surface area (Å²) < 4.78 is 27.8. The Morgan fingerprint density at radius 1 is 1.41 bits per heavy atom. The number of rotatable bonds is 5. The van der Waals surface area contributed by atoms with Gasteiger partial charge in [-0.25, -0.2) is 8.42 Å². The Kier molecular flexibility index (Phi) is 4.68. The number of sulfonamides is 1. The summed E-state index contributed by atoms with van der Waals surface area (Å²) in [6.07, 6.45) is 3.10. The second-order valence-electron chi connectivity index (χ2n) is 3.95. The zero-order chi connectivity index (χ0) is 12.5. The normalized spacial score (nSPS) is 17.4. The fraction of sp³-hybridized carbons (Fsp3) is 0.600. The second-order valence-corrected chi connectivity index (χ2v) is 9.32. The maximum Gasteiger partial charge on any atom is 0.252 e. The van der Waals surface area contributed by atoms with E-state index in [0.717, 1.165) is 23.0 Å². The van der Waals surface area contributed by atoms with Gasteiger partial charge in [0.15, 0.2) is 0 Å². The molecule has 1 aromatic rings. The standard InChI is InChI=1S/C10H13Br2NO2S2/c11-6-7-13(8-2-1-3-8)17(14,15)10-5-4-9(12)16-10/h4-5,8H,1-3,6-7H2. The van der Waals surface area contributed by atoms with Gasteiger partial charge in [0, 0.05) is 17.9 Å². The minimum atomic E-state index is -3.31. The predicted molar refractivity (Wildman–Crippen MR) is 77.3 cm³/mol. The smallest absolute Gasteiger partial charge is 0.206 e. The quantitative estimate of drug-likeness (QED) is 0.707. The van der Waals surface area contributed by atoms with Gasteiger partial charge in [0.1, 0.15) is 4.21 Å². The minimum Gasteiger partial charge on any atom is -0.206 e. The molecule has 0 bridgehead atoms. The van der Waals surface area contributed by atoms with E-state index in [9.17, 15) is 8.42 Å². The topological polar surface area (TPSA) is 37.4 Å². The molecule has 96 valence electrons. The molecule has 17 heavy (non-hydrogen) atoms. The van der Waals surface area contributed by atoms with E-state index < -0.39 is 10.0 Å². The van der Waals surface area contributed by atoms with Crippen molar-refractivity contribution in [1.29, 1.82) is 0 Å². The molecular formula is C10H13Br2NO2S2. The molecule has 1 saturated carbocycles. The van der Waals surface area contributed by atoms with Crippen LogP contribution in [0, 0.1) is 0 Å². The molecule has 1 heterocycles. The van der Waals surface area contributed by atoms with Crippen molar-refractivity contribution in [3.05, 3.63) is 15.9 Å². The van der Waals surface area contributed by atoms with Gasteiger partial charge in [-0.1, -0.05) is 22.4 Å². The summed E-state index contributed by atoms with van der Waals surface area (Å²) in [6.45, 7) is 0.544. The molecule has 0 atom stereocenters. The van der Waals surface area contributed by atoms with Gasteiger partial charge in [-0.05, 0) is 40.9 Å². The number of halogens is 2. The molecule has 1 aliphatic carbocycles. The molecule has 2 rings (SSSR count). The Hall–Kier alpha value is 0.570. The largest absolute Gasteiger partial charge is 0.252 e. The lowest BCUT2D eigenvalue weighted by Crippen LogP contribution is -2.44. The lowest BCUT2D eigenvalue weighted by Gasteiger charge is -2.35. The number of thiophene rings is 1. The molecule has 0 aromatic carbocycles. The number of alkyl halides is 1. The van der Waals surface area contributed by atoms with E-state index in [4.69, 9.17) is 0 Å². The molecule has 7 heteroatoms. The molecule has 0 spiro atoms. The van der Waals surface area contributed by atoms with Crippen LogP contribution in [-0.4, -0.2) is 30.6 Å². The molecule has 1 fully saturated rings. The summed E-state index contributed by atoms with van der Waals surface area (Å²) in [4.78, 5) is 0. The summed E-state index contributed by atoms with van der Waals surface area (Å²) in [5, 5.41) is 0.676. The third kappa shape index (κ3) is 2.94. The molecule has 0 amide bonds. The highest BCUT2D eigenvalue weighted by Crippen LogP contribution is 2.33. The number of hydrogen-bond acceptors (Lipinski definition) is 3. The molecule has 1 aliphatic rings. The van der Waals surface area contributed by atoms with Crippen molar-refractivity contribution in [3.63, 3.8) is 0 Å². The van der Waals surface area contributed by atoms with Gasteiger partial charge in [0.25, 0.3) is 10.0 Å². The zero-order valence-corrected chi connectivity index (χ0v) is 13.9. The third-order valence-corrected chi connectivity index (χ3v) is 7.30. The average Bonchev–Trinajstić information content (AvgIpc) is 2.62. The van der Waals surface area contributed by atoms with Crippen molar-refractivity contribution in [2.24, 2.45) is 0 Å². The van der Waals surface area contributed by atoms with E-state index in [-0.39, 0.29) is 6.04 Å². The highest BCUT2D eigenvalue weighted by Gasteiger charge is 2.35. The van der Waals surface area contributed by atoms with Crippen molar-refractivity contribution in [2.45, 2.75) is 29.5 Å². The summed E-state index contributed by atoms with van der Waals surface area (Å²) in [6, 6.07) is 3.65. The van der Waals surface area contributed by atoms with Crippen molar-refractivity contribution in [2.75, 3.05) is 11.9 Å². The van der Waals surface area contributed by atoms with Crippen LogP contribution in [0.3, 0.4) is 0 Å². The molecule has 0 saturated heterocycles. The van der Waals surface area contributed by atoms with Crippen molar-refractivity contribution < 1.29 is 8.42 Å². The monoisotopic (exact) mass is 401 g/mol. The lowest BCUT2D eigenvalue weighted by atomic mass is 9.93. The summed E-state index contributed by atoms with van der Waals surface area (Å²) in [5.74, 6) is 0. The Morgan fingerprint density at radius 2 is 2.12 bits per heavy atom. The Balaban J connectivity index is 2.27. The Morgan fingerprint density at radius 3 is 2.53 bits per heavy atom. The van der Waals surface area contributed by atoms with E-state index in [1.807, 2.05) is 0 Å². The zero-order valence-electron chi connectivity index (χ0n) is 9.10. The van der Waals surface area contributed by atoms with Crippen LogP contribution >= 0.6 is 43.2 Å². The van der Waals surface area contributed by atoms with E-state index in [0.29, 0.717) is 16.1 Å². The highest BCUT2D eigenvalue weighted by molar-refractivity contribution is 9.11. The van der Waals surface area contributed by atoms with Crippen LogP contribution in [0.15, 0.2) is 20.1 Å². The maximum atomic E-state index is 12.5. The SMILES string of the molecule is O=S(=O)(c1ccc(Br)s1)N(CCBr)C1CCC1. The van der Waals surface area contributed by atoms with Gasteiger partial charge in [-0.2, -0.15) is 4.31 Å². The van der Waals surface area contributed by atoms with Gasteiger partial charge in [-0.3, -0.25) is 0 Å². The molecular weight excluding hydrogens is 390 g/mol. The lowest BCUT2D eigenvalue weighted by molar-refractivity contribution is 0.228. The summed E-state index contributed by atoms with van der Waals surface area (Å²) in [7, 11) is -3.31. The minimum absolute atomic E-state index is 0.193.